The van der Waals surface area contributed by atoms with E-state index in [0.29, 0.717) is 21.3 Å². The molecule has 0 saturated heterocycles. The molecule has 2 aromatic carbocycles. The van der Waals surface area contributed by atoms with Gasteiger partial charge in [0.1, 0.15) is 18.2 Å². The van der Waals surface area contributed by atoms with Gasteiger partial charge in [0.15, 0.2) is 6.29 Å². The Balaban J connectivity index is 2.27. The third kappa shape index (κ3) is 3.27. The standard InChI is InChI=1S/C15H11Br2FO2/c1-9-5-12(16)6-11(7-19)15(9)20-8-10-3-2-4-13(18)14(10)17/h2-7H,8H2,1H3. The van der Waals surface area contributed by atoms with E-state index in [9.17, 15) is 9.18 Å². The predicted octanol–water partition coefficient (Wildman–Crippen LogP) is 5.05. The molecule has 0 radical (unpaired) electrons. The summed E-state index contributed by atoms with van der Waals surface area (Å²) in [6, 6.07) is 8.31. The highest BCUT2D eigenvalue weighted by Crippen LogP contribution is 2.29. The minimum absolute atomic E-state index is 0.182. The van der Waals surface area contributed by atoms with Gasteiger partial charge in [0.25, 0.3) is 0 Å². The smallest absolute Gasteiger partial charge is 0.153 e. The number of halogens is 3. The Labute approximate surface area is 133 Å². The van der Waals surface area contributed by atoms with Crippen LogP contribution in [0.3, 0.4) is 0 Å². The molecule has 20 heavy (non-hydrogen) atoms. The molecule has 2 rings (SSSR count). The van der Waals surface area contributed by atoms with Crippen molar-refractivity contribution in [1.82, 2.24) is 0 Å². The van der Waals surface area contributed by atoms with Crippen molar-refractivity contribution < 1.29 is 13.9 Å². The van der Waals surface area contributed by atoms with Crippen LogP contribution in [0.1, 0.15) is 21.5 Å². The quantitative estimate of drug-likeness (QED) is 0.670. The fourth-order valence-corrected chi connectivity index (χ4v) is 2.82. The number of hydrogen-bond donors (Lipinski definition) is 0. The molecule has 0 aliphatic heterocycles. The van der Waals surface area contributed by atoms with Crippen molar-refractivity contribution in [2.75, 3.05) is 0 Å². The molecule has 2 aromatic rings. The van der Waals surface area contributed by atoms with E-state index >= 15 is 0 Å². The molecule has 0 fully saturated rings. The third-order valence-electron chi connectivity index (χ3n) is 2.80. The summed E-state index contributed by atoms with van der Waals surface area (Å²) < 4.78 is 20.3. The molecule has 5 heteroatoms. The molecule has 0 amide bonds. The largest absolute Gasteiger partial charge is 0.488 e. The van der Waals surface area contributed by atoms with E-state index in [-0.39, 0.29) is 12.4 Å². The van der Waals surface area contributed by atoms with Crippen LogP contribution in [0.15, 0.2) is 39.3 Å². The van der Waals surface area contributed by atoms with Crippen LogP contribution in [0.5, 0.6) is 5.75 Å². The monoisotopic (exact) mass is 400 g/mol. The van der Waals surface area contributed by atoms with E-state index in [1.807, 2.05) is 13.0 Å². The van der Waals surface area contributed by atoms with Crippen molar-refractivity contribution in [3.8, 4) is 5.75 Å². The van der Waals surface area contributed by atoms with Crippen LogP contribution in [-0.2, 0) is 6.61 Å². The molecule has 0 spiro atoms. The lowest BCUT2D eigenvalue weighted by Gasteiger charge is -2.13. The SMILES string of the molecule is Cc1cc(Br)cc(C=O)c1OCc1cccc(F)c1Br. The average Bonchev–Trinajstić information content (AvgIpc) is 2.41. The molecular weight excluding hydrogens is 391 g/mol. The molecule has 104 valence electrons. The summed E-state index contributed by atoms with van der Waals surface area (Å²) in [5.41, 5.74) is 1.99. The number of carbonyl (C=O) groups excluding carboxylic acids is 1. The van der Waals surface area contributed by atoms with Gasteiger partial charge in [0.2, 0.25) is 0 Å². The zero-order chi connectivity index (χ0) is 14.7. The summed E-state index contributed by atoms with van der Waals surface area (Å²) in [7, 11) is 0. The van der Waals surface area contributed by atoms with E-state index < -0.39 is 0 Å². The van der Waals surface area contributed by atoms with Gasteiger partial charge in [0.05, 0.1) is 10.0 Å². The summed E-state index contributed by atoms with van der Waals surface area (Å²) in [4.78, 5) is 11.1. The lowest BCUT2D eigenvalue weighted by molar-refractivity contribution is 0.111. The van der Waals surface area contributed by atoms with Gasteiger partial charge in [-0.1, -0.05) is 28.1 Å². The zero-order valence-electron chi connectivity index (χ0n) is 10.6. The van der Waals surface area contributed by atoms with E-state index in [2.05, 4.69) is 31.9 Å². The molecule has 0 heterocycles. The van der Waals surface area contributed by atoms with Crippen molar-refractivity contribution in [3.63, 3.8) is 0 Å². The van der Waals surface area contributed by atoms with E-state index in [1.165, 1.54) is 6.07 Å². The third-order valence-corrected chi connectivity index (χ3v) is 4.14. The van der Waals surface area contributed by atoms with Gasteiger partial charge in [-0.05, 0) is 46.6 Å². The summed E-state index contributed by atoms with van der Waals surface area (Å²) in [6.07, 6.45) is 0.744. The van der Waals surface area contributed by atoms with Crippen LogP contribution in [-0.4, -0.2) is 6.29 Å². The maximum absolute atomic E-state index is 13.4. The van der Waals surface area contributed by atoms with Gasteiger partial charge in [-0.2, -0.15) is 0 Å². The second kappa shape index (κ2) is 6.50. The van der Waals surface area contributed by atoms with Gasteiger partial charge < -0.3 is 4.74 Å². The van der Waals surface area contributed by atoms with Crippen molar-refractivity contribution in [3.05, 3.63) is 61.8 Å². The average molecular weight is 402 g/mol. The summed E-state index contributed by atoms with van der Waals surface area (Å²) in [6.45, 7) is 2.04. The van der Waals surface area contributed by atoms with Crippen LogP contribution >= 0.6 is 31.9 Å². The van der Waals surface area contributed by atoms with E-state index in [0.717, 1.165) is 16.3 Å². The number of ether oxygens (including phenoxy) is 1. The summed E-state index contributed by atoms with van der Waals surface area (Å²) in [5.74, 6) is 0.175. The minimum atomic E-state index is -0.339. The predicted molar refractivity (Wildman–Crippen MR) is 82.7 cm³/mol. The molecule has 0 bridgehead atoms. The first kappa shape index (κ1) is 15.2. The topological polar surface area (TPSA) is 26.3 Å². The van der Waals surface area contributed by atoms with Gasteiger partial charge in [-0.3, -0.25) is 4.79 Å². The second-order valence-electron chi connectivity index (χ2n) is 4.26. The Morgan fingerprint density at radius 3 is 2.75 bits per heavy atom. The normalized spacial score (nSPS) is 10.4. The van der Waals surface area contributed by atoms with Crippen molar-refractivity contribution >= 4 is 38.1 Å². The lowest BCUT2D eigenvalue weighted by Crippen LogP contribution is -2.02. The Kier molecular flexibility index (Phi) is 4.94. The minimum Gasteiger partial charge on any atom is -0.488 e. The second-order valence-corrected chi connectivity index (χ2v) is 5.97. The maximum atomic E-state index is 13.4. The first-order valence-corrected chi connectivity index (χ1v) is 7.42. The molecule has 2 nitrogen and oxygen atoms in total. The highest BCUT2D eigenvalue weighted by Gasteiger charge is 2.11. The number of carbonyl (C=O) groups is 1. The summed E-state index contributed by atoms with van der Waals surface area (Å²) >= 11 is 6.52. The molecule has 0 unspecified atom stereocenters. The lowest BCUT2D eigenvalue weighted by atomic mass is 10.1. The van der Waals surface area contributed by atoms with Crippen LogP contribution in [0.2, 0.25) is 0 Å². The Morgan fingerprint density at radius 2 is 2.05 bits per heavy atom. The highest BCUT2D eigenvalue weighted by molar-refractivity contribution is 9.10. The first-order chi connectivity index (χ1) is 9.52. The van der Waals surface area contributed by atoms with Crippen molar-refractivity contribution in [2.45, 2.75) is 13.5 Å². The molecular formula is C15H11Br2FO2. The Bertz CT molecular complexity index is 657. The number of benzene rings is 2. The zero-order valence-corrected chi connectivity index (χ0v) is 13.8. The van der Waals surface area contributed by atoms with Gasteiger partial charge in [0, 0.05) is 10.0 Å². The molecule has 0 atom stereocenters. The number of aldehydes is 1. The van der Waals surface area contributed by atoms with Crippen LogP contribution in [0.25, 0.3) is 0 Å². The van der Waals surface area contributed by atoms with E-state index in [4.69, 9.17) is 4.74 Å². The van der Waals surface area contributed by atoms with Crippen LogP contribution < -0.4 is 4.74 Å². The maximum Gasteiger partial charge on any atom is 0.153 e. The Morgan fingerprint density at radius 1 is 1.30 bits per heavy atom. The molecule has 0 aliphatic rings. The van der Waals surface area contributed by atoms with Gasteiger partial charge >= 0.3 is 0 Å². The van der Waals surface area contributed by atoms with Gasteiger partial charge in [-0.15, -0.1) is 0 Å². The fraction of sp³-hybridized carbons (Fsp3) is 0.133. The number of hydrogen-bond acceptors (Lipinski definition) is 2. The van der Waals surface area contributed by atoms with Crippen LogP contribution in [0, 0.1) is 12.7 Å². The number of rotatable bonds is 4. The number of aryl methyl sites for hydroxylation is 1. The molecule has 0 saturated carbocycles. The Hall–Kier alpha value is -1.20. The van der Waals surface area contributed by atoms with E-state index in [1.54, 1.807) is 18.2 Å². The van der Waals surface area contributed by atoms with Crippen molar-refractivity contribution in [1.29, 1.82) is 0 Å². The first-order valence-electron chi connectivity index (χ1n) is 5.84. The van der Waals surface area contributed by atoms with Crippen molar-refractivity contribution in [2.24, 2.45) is 0 Å². The van der Waals surface area contributed by atoms with Crippen LogP contribution in [0.4, 0.5) is 4.39 Å². The molecule has 0 aromatic heterocycles. The molecule has 0 N–H and O–H groups in total. The summed E-state index contributed by atoms with van der Waals surface area (Å²) in [5, 5.41) is 0. The fourth-order valence-electron chi connectivity index (χ4n) is 1.85. The van der Waals surface area contributed by atoms with Gasteiger partial charge in [-0.25, -0.2) is 4.39 Å². The highest BCUT2D eigenvalue weighted by atomic mass is 79.9. The molecule has 0 aliphatic carbocycles.